The molecule has 1 radical (unpaired) electrons. The first kappa shape index (κ1) is 10.4. The fourth-order valence-corrected chi connectivity index (χ4v) is 2.05. The van der Waals surface area contributed by atoms with Gasteiger partial charge in [-0.2, -0.15) is 0 Å². The maximum absolute atomic E-state index is 4.36. The highest BCUT2D eigenvalue weighted by Gasteiger charge is 2.19. The minimum atomic E-state index is 0.349. The topological polar surface area (TPSA) is 17.3 Å². The first-order valence-electron chi connectivity index (χ1n) is 5.46. The Labute approximate surface area is 91.6 Å². The number of hydrogen-bond acceptors (Lipinski definition) is 1. The minimum Gasteiger partial charge on any atom is -0.290 e. The van der Waals surface area contributed by atoms with Crippen molar-refractivity contribution < 1.29 is 0 Å². The van der Waals surface area contributed by atoms with Gasteiger partial charge in [0, 0.05) is 26.2 Å². The molecular weight excluding hydrogens is 184 g/mol. The van der Waals surface area contributed by atoms with Crippen LogP contribution in [0.3, 0.4) is 0 Å². The molecule has 1 saturated heterocycles. The van der Waals surface area contributed by atoms with Crippen LogP contribution in [0.25, 0.3) is 0 Å². The molecule has 0 aromatic heterocycles. The molecule has 1 aromatic carbocycles. The van der Waals surface area contributed by atoms with Crippen molar-refractivity contribution in [3.63, 3.8) is 0 Å². The maximum Gasteiger partial charge on any atom is 0.0530 e. The van der Waals surface area contributed by atoms with Crippen LogP contribution in [0.1, 0.15) is 11.6 Å². The van der Waals surface area contributed by atoms with E-state index in [-0.39, 0.29) is 0 Å². The minimum absolute atomic E-state index is 0.349. The van der Waals surface area contributed by atoms with E-state index in [0.29, 0.717) is 6.04 Å². The first-order valence-corrected chi connectivity index (χ1v) is 5.46. The number of benzene rings is 1. The summed E-state index contributed by atoms with van der Waals surface area (Å²) < 4.78 is 0. The van der Waals surface area contributed by atoms with Crippen LogP contribution >= 0.6 is 0 Å². The molecule has 0 N–H and O–H groups in total. The van der Waals surface area contributed by atoms with Crippen molar-refractivity contribution >= 4 is 0 Å². The Balaban J connectivity index is 2.12. The van der Waals surface area contributed by atoms with E-state index in [1.165, 1.54) is 5.56 Å². The molecule has 1 aliphatic heterocycles. The molecule has 1 aromatic rings. The summed E-state index contributed by atoms with van der Waals surface area (Å²) in [5.41, 5.74) is 1.33. The van der Waals surface area contributed by atoms with Gasteiger partial charge in [0.15, 0.2) is 0 Å². The lowest BCUT2D eigenvalue weighted by molar-refractivity contribution is 0.201. The summed E-state index contributed by atoms with van der Waals surface area (Å²) in [6.07, 6.45) is 2.03. The largest absolute Gasteiger partial charge is 0.290 e. The van der Waals surface area contributed by atoms with Gasteiger partial charge in [0.1, 0.15) is 0 Å². The van der Waals surface area contributed by atoms with Crippen molar-refractivity contribution in [2.45, 2.75) is 6.04 Å². The smallest absolute Gasteiger partial charge is 0.0530 e. The molecule has 15 heavy (non-hydrogen) atoms. The van der Waals surface area contributed by atoms with E-state index in [2.05, 4.69) is 47.1 Å². The van der Waals surface area contributed by atoms with Crippen molar-refractivity contribution in [2.75, 3.05) is 26.2 Å². The van der Waals surface area contributed by atoms with Gasteiger partial charge in [0.25, 0.3) is 0 Å². The van der Waals surface area contributed by atoms with E-state index in [1.807, 2.05) is 6.08 Å². The molecule has 1 aliphatic rings. The van der Waals surface area contributed by atoms with E-state index in [0.717, 1.165) is 26.2 Å². The summed E-state index contributed by atoms with van der Waals surface area (Å²) in [6.45, 7) is 7.95. The van der Waals surface area contributed by atoms with Crippen LogP contribution in [0.4, 0.5) is 0 Å². The SMILES string of the molecule is C=CC(c1ccccc1)N1CC[N]CC1. The second-order valence-electron chi connectivity index (χ2n) is 3.80. The number of nitrogens with zero attached hydrogens (tertiary/aromatic N) is 2. The van der Waals surface area contributed by atoms with Gasteiger partial charge in [0.05, 0.1) is 6.04 Å². The second kappa shape index (κ2) is 5.10. The molecule has 2 rings (SSSR count). The highest BCUT2D eigenvalue weighted by atomic mass is 15.2. The maximum atomic E-state index is 4.36. The van der Waals surface area contributed by atoms with Crippen LogP contribution in [0.2, 0.25) is 0 Å². The van der Waals surface area contributed by atoms with E-state index >= 15 is 0 Å². The van der Waals surface area contributed by atoms with Gasteiger partial charge in [-0.3, -0.25) is 4.90 Å². The fraction of sp³-hybridized carbons (Fsp3) is 0.385. The van der Waals surface area contributed by atoms with Crippen LogP contribution in [-0.2, 0) is 0 Å². The monoisotopic (exact) mass is 201 g/mol. The molecule has 1 heterocycles. The zero-order valence-corrected chi connectivity index (χ0v) is 8.97. The predicted molar refractivity (Wildman–Crippen MR) is 62.8 cm³/mol. The quantitative estimate of drug-likeness (QED) is 0.682. The molecule has 0 spiro atoms. The molecule has 1 fully saturated rings. The van der Waals surface area contributed by atoms with Gasteiger partial charge in [-0.1, -0.05) is 36.4 Å². The van der Waals surface area contributed by atoms with Crippen LogP contribution in [0, 0.1) is 0 Å². The Morgan fingerprint density at radius 3 is 2.47 bits per heavy atom. The number of piperazine rings is 1. The standard InChI is InChI=1S/C13H17N2/c1-2-13(12-6-4-3-5-7-12)15-10-8-14-9-11-15/h2-7,13H,1,8-11H2. The number of hydrogen-bond donors (Lipinski definition) is 0. The molecule has 0 aliphatic carbocycles. The lowest BCUT2D eigenvalue weighted by Crippen LogP contribution is -2.41. The van der Waals surface area contributed by atoms with Gasteiger partial charge in [0.2, 0.25) is 0 Å². The molecule has 0 amide bonds. The average Bonchev–Trinajstić information content (AvgIpc) is 2.33. The van der Waals surface area contributed by atoms with Crippen molar-refractivity contribution in [3.05, 3.63) is 48.6 Å². The van der Waals surface area contributed by atoms with Crippen molar-refractivity contribution in [1.29, 1.82) is 0 Å². The summed E-state index contributed by atoms with van der Waals surface area (Å²) >= 11 is 0. The summed E-state index contributed by atoms with van der Waals surface area (Å²) in [7, 11) is 0. The predicted octanol–water partition coefficient (Wildman–Crippen LogP) is 1.83. The van der Waals surface area contributed by atoms with Gasteiger partial charge >= 0.3 is 0 Å². The zero-order chi connectivity index (χ0) is 10.5. The molecule has 2 nitrogen and oxygen atoms in total. The average molecular weight is 201 g/mol. The third-order valence-corrected chi connectivity index (χ3v) is 2.85. The second-order valence-corrected chi connectivity index (χ2v) is 3.80. The Morgan fingerprint density at radius 1 is 1.20 bits per heavy atom. The Bertz CT molecular complexity index is 302. The molecule has 0 saturated carbocycles. The molecule has 1 unspecified atom stereocenters. The van der Waals surface area contributed by atoms with E-state index in [1.54, 1.807) is 0 Å². The van der Waals surface area contributed by atoms with Crippen molar-refractivity contribution in [1.82, 2.24) is 10.2 Å². The third kappa shape index (κ3) is 2.46. The van der Waals surface area contributed by atoms with Gasteiger partial charge in [-0.15, -0.1) is 6.58 Å². The molecule has 0 bridgehead atoms. The Morgan fingerprint density at radius 2 is 1.87 bits per heavy atom. The van der Waals surface area contributed by atoms with E-state index < -0.39 is 0 Å². The molecule has 1 atom stereocenters. The fourth-order valence-electron chi connectivity index (χ4n) is 2.05. The lowest BCUT2D eigenvalue weighted by atomic mass is 10.0. The molecule has 79 valence electrons. The summed E-state index contributed by atoms with van der Waals surface area (Å²) in [6, 6.07) is 10.9. The third-order valence-electron chi connectivity index (χ3n) is 2.85. The summed E-state index contributed by atoms with van der Waals surface area (Å²) in [4.78, 5) is 2.44. The van der Waals surface area contributed by atoms with Gasteiger partial charge in [-0.05, 0) is 5.56 Å². The normalized spacial score (nSPS) is 19.7. The van der Waals surface area contributed by atoms with E-state index in [9.17, 15) is 0 Å². The van der Waals surface area contributed by atoms with Gasteiger partial charge in [-0.25, -0.2) is 5.32 Å². The van der Waals surface area contributed by atoms with E-state index in [4.69, 9.17) is 0 Å². The van der Waals surface area contributed by atoms with Gasteiger partial charge < -0.3 is 0 Å². The highest BCUT2D eigenvalue weighted by Crippen LogP contribution is 2.21. The Kier molecular flexibility index (Phi) is 3.54. The summed E-state index contributed by atoms with van der Waals surface area (Å²) in [5, 5.41) is 4.36. The first-order chi connectivity index (χ1) is 7.42. The van der Waals surface area contributed by atoms with Crippen LogP contribution in [0.15, 0.2) is 43.0 Å². The van der Waals surface area contributed by atoms with Crippen LogP contribution < -0.4 is 5.32 Å². The van der Waals surface area contributed by atoms with Crippen LogP contribution in [-0.4, -0.2) is 31.1 Å². The highest BCUT2D eigenvalue weighted by molar-refractivity contribution is 5.22. The molecular formula is C13H17N2. The van der Waals surface area contributed by atoms with Crippen molar-refractivity contribution in [2.24, 2.45) is 0 Å². The summed E-state index contributed by atoms with van der Waals surface area (Å²) in [5.74, 6) is 0. The Hall–Kier alpha value is -1.12. The lowest BCUT2D eigenvalue weighted by Gasteiger charge is -2.32. The molecule has 2 heteroatoms. The zero-order valence-electron chi connectivity index (χ0n) is 8.97. The van der Waals surface area contributed by atoms with Crippen molar-refractivity contribution in [3.8, 4) is 0 Å². The van der Waals surface area contributed by atoms with Crippen LogP contribution in [0.5, 0.6) is 0 Å². The number of rotatable bonds is 3.